The van der Waals surface area contributed by atoms with Crippen LogP contribution in [0.5, 0.6) is 0 Å². The Kier molecular flexibility index (Phi) is 5.79. The standard InChI is InChI=1S/C22H26FNO3S/c1-15(2)13-21-22(18-7-9-19(23)10-8-18)27-17(4)14-24(21)28(25,26)20-11-5-16(3)6-12-20/h5-12,14-15,21-22H,13H2,1-4H3/t21-,22+/m0/s1. The molecule has 0 amide bonds. The van der Waals surface area contributed by atoms with Crippen LogP contribution in [0.4, 0.5) is 4.39 Å². The van der Waals surface area contributed by atoms with Gasteiger partial charge in [0.15, 0.2) is 0 Å². The molecule has 3 rings (SSSR count). The molecule has 0 N–H and O–H groups in total. The summed E-state index contributed by atoms with van der Waals surface area (Å²) in [7, 11) is -3.75. The van der Waals surface area contributed by atoms with Gasteiger partial charge in [-0.3, -0.25) is 4.31 Å². The van der Waals surface area contributed by atoms with E-state index in [9.17, 15) is 12.8 Å². The molecule has 4 nitrogen and oxygen atoms in total. The summed E-state index contributed by atoms with van der Waals surface area (Å²) in [5, 5.41) is 0. The molecule has 0 radical (unpaired) electrons. The van der Waals surface area contributed by atoms with E-state index in [0.717, 1.165) is 11.1 Å². The minimum Gasteiger partial charge on any atom is -0.487 e. The maximum Gasteiger partial charge on any atom is 0.264 e. The third kappa shape index (κ3) is 4.22. The lowest BCUT2D eigenvalue weighted by molar-refractivity contribution is 0.0300. The second kappa shape index (κ2) is 7.95. The summed E-state index contributed by atoms with van der Waals surface area (Å²) in [6.07, 6.45) is 1.66. The van der Waals surface area contributed by atoms with Crippen molar-refractivity contribution in [1.82, 2.24) is 4.31 Å². The number of halogens is 1. The lowest BCUT2D eigenvalue weighted by Gasteiger charge is -2.40. The van der Waals surface area contributed by atoms with Gasteiger partial charge in [-0.25, -0.2) is 12.8 Å². The van der Waals surface area contributed by atoms with Crippen LogP contribution in [0.25, 0.3) is 0 Å². The third-order valence-electron chi connectivity index (χ3n) is 4.81. The monoisotopic (exact) mass is 403 g/mol. The van der Waals surface area contributed by atoms with Gasteiger partial charge < -0.3 is 4.74 Å². The first kappa shape index (κ1) is 20.4. The van der Waals surface area contributed by atoms with Gasteiger partial charge >= 0.3 is 0 Å². The van der Waals surface area contributed by atoms with Crippen molar-refractivity contribution < 1.29 is 17.5 Å². The molecular formula is C22H26FNO3S. The quantitative estimate of drug-likeness (QED) is 0.692. The van der Waals surface area contributed by atoms with Crippen LogP contribution in [0.1, 0.15) is 44.4 Å². The molecular weight excluding hydrogens is 377 g/mol. The van der Waals surface area contributed by atoms with Crippen LogP contribution in [0.2, 0.25) is 0 Å². The predicted molar refractivity (Wildman–Crippen MR) is 107 cm³/mol. The van der Waals surface area contributed by atoms with E-state index in [0.29, 0.717) is 12.2 Å². The molecule has 6 heteroatoms. The van der Waals surface area contributed by atoms with E-state index < -0.39 is 22.2 Å². The fourth-order valence-electron chi connectivity index (χ4n) is 3.45. The third-order valence-corrected chi connectivity index (χ3v) is 6.61. The van der Waals surface area contributed by atoms with Crippen LogP contribution < -0.4 is 0 Å². The van der Waals surface area contributed by atoms with E-state index in [-0.39, 0.29) is 16.6 Å². The van der Waals surface area contributed by atoms with Crippen molar-refractivity contribution in [2.75, 3.05) is 0 Å². The van der Waals surface area contributed by atoms with Crippen LogP contribution in [0, 0.1) is 18.7 Å². The van der Waals surface area contributed by atoms with Crippen LogP contribution in [-0.2, 0) is 14.8 Å². The van der Waals surface area contributed by atoms with Crippen molar-refractivity contribution in [3.8, 4) is 0 Å². The number of benzene rings is 2. The van der Waals surface area contributed by atoms with E-state index in [1.54, 1.807) is 49.5 Å². The summed E-state index contributed by atoms with van der Waals surface area (Å²) in [5.41, 5.74) is 1.75. The van der Waals surface area contributed by atoms with Crippen molar-refractivity contribution in [3.05, 3.63) is 77.4 Å². The topological polar surface area (TPSA) is 46.6 Å². The molecule has 150 valence electrons. The predicted octanol–water partition coefficient (Wildman–Crippen LogP) is 5.17. The molecule has 0 unspecified atom stereocenters. The highest BCUT2D eigenvalue weighted by Crippen LogP contribution is 2.38. The normalized spacial score (nSPS) is 20.1. The van der Waals surface area contributed by atoms with Gasteiger partial charge in [0.2, 0.25) is 0 Å². The highest BCUT2D eigenvalue weighted by Gasteiger charge is 2.39. The van der Waals surface area contributed by atoms with Gasteiger partial charge in [0.05, 0.1) is 17.1 Å². The Morgan fingerprint density at radius 1 is 1.04 bits per heavy atom. The van der Waals surface area contributed by atoms with Crippen molar-refractivity contribution in [3.63, 3.8) is 0 Å². The first-order valence-corrected chi connectivity index (χ1v) is 10.8. The van der Waals surface area contributed by atoms with Crippen LogP contribution >= 0.6 is 0 Å². The highest BCUT2D eigenvalue weighted by atomic mass is 32.2. The highest BCUT2D eigenvalue weighted by molar-refractivity contribution is 7.89. The Morgan fingerprint density at radius 3 is 2.21 bits per heavy atom. The van der Waals surface area contributed by atoms with E-state index in [1.165, 1.54) is 16.4 Å². The van der Waals surface area contributed by atoms with Crippen LogP contribution in [-0.4, -0.2) is 18.8 Å². The zero-order chi connectivity index (χ0) is 20.5. The number of nitrogens with zero attached hydrogens (tertiary/aromatic N) is 1. The first-order chi connectivity index (χ1) is 13.2. The van der Waals surface area contributed by atoms with Gasteiger partial charge in [0.1, 0.15) is 17.7 Å². The number of allylic oxidation sites excluding steroid dienone is 1. The molecule has 0 fully saturated rings. The van der Waals surface area contributed by atoms with Gasteiger partial charge in [-0.05, 0) is 56.0 Å². The molecule has 1 aliphatic heterocycles. The van der Waals surface area contributed by atoms with E-state index >= 15 is 0 Å². The number of hydrogen-bond donors (Lipinski definition) is 0. The largest absolute Gasteiger partial charge is 0.487 e. The first-order valence-electron chi connectivity index (χ1n) is 9.39. The second-order valence-electron chi connectivity index (χ2n) is 7.67. The Morgan fingerprint density at radius 2 is 1.64 bits per heavy atom. The summed E-state index contributed by atoms with van der Waals surface area (Å²) in [5.74, 6) is 0.417. The van der Waals surface area contributed by atoms with Gasteiger partial charge in [0, 0.05) is 0 Å². The number of hydrogen-bond acceptors (Lipinski definition) is 3. The van der Waals surface area contributed by atoms with Crippen molar-refractivity contribution in [1.29, 1.82) is 0 Å². The van der Waals surface area contributed by atoms with Crippen molar-refractivity contribution in [2.45, 2.75) is 51.2 Å². The molecule has 2 atom stereocenters. The maximum absolute atomic E-state index is 13.4. The second-order valence-corrected chi connectivity index (χ2v) is 9.52. The summed E-state index contributed by atoms with van der Waals surface area (Å²) in [6.45, 7) is 7.74. The summed E-state index contributed by atoms with van der Waals surface area (Å²) >= 11 is 0. The molecule has 2 aromatic rings. The summed E-state index contributed by atoms with van der Waals surface area (Å²) in [4.78, 5) is 0.246. The fourth-order valence-corrected chi connectivity index (χ4v) is 5.01. The molecule has 28 heavy (non-hydrogen) atoms. The minimum atomic E-state index is -3.75. The average Bonchev–Trinajstić information content (AvgIpc) is 2.63. The Balaban J connectivity index is 2.07. The van der Waals surface area contributed by atoms with E-state index in [1.807, 2.05) is 20.8 Å². The fraction of sp³-hybridized carbons (Fsp3) is 0.364. The van der Waals surface area contributed by atoms with E-state index in [2.05, 4.69) is 0 Å². The van der Waals surface area contributed by atoms with Crippen molar-refractivity contribution in [2.24, 2.45) is 5.92 Å². The SMILES string of the molecule is CC1=CN(S(=O)(=O)c2ccc(C)cc2)[C@@H](CC(C)C)[C@@H](c2ccc(F)cc2)O1. The summed E-state index contributed by atoms with van der Waals surface area (Å²) in [6, 6.07) is 12.5. The minimum absolute atomic E-state index is 0.246. The van der Waals surface area contributed by atoms with Gasteiger partial charge in [-0.15, -0.1) is 0 Å². The van der Waals surface area contributed by atoms with Gasteiger partial charge in [0.25, 0.3) is 10.0 Å². The molecule has 1 heterocycles. The van der Waals surface area contributed by atoms with Gasteiger partial charge in [-0.1, -0.05) is 43.7 Å². The van der Waals surface area contributed by atoms with Crippen LogP contribution in [0.15, 0.2) is 65.4 Å². The average molecular weight is 404 g/mol. The van der Waals surface area contributed by atoms with E-state index in [4.69, 9.17) is 4.74 Å². The lowest BCUT2D eigenvalue weighted by atomic mass is 9.93. The van der Waals surface area contributed by atoms with Gasteiger partial charge in [-0.2, -0.15) is 0 Å². The van der Waals surface area contributed by atoms with Crippen LogP contribution in [0.3, 0.4) is 0 Å². The molecule has 0 saturated carbocycles. The number of sulfonamides is 1. The molecule has 0 aliphatic carbocycles. The molecule has 2 aromatic carbocycles. The zero-order valence-corrected chi connectivity index (χ0v) is 17.4. The zero-order valence-electron chi connectivity index (χ0n) is 16.6. The lowest BCUT2D eigenvalue weighted by Crippen LogP contribution is -2.44. The number of aryl methyl sites for hydroxylation is 1. The molecule has 0 spiro atoms. The van der Waals surface area contributed by atoms with Crippen molar-refractivity contribution >= 4 is 10.0 Å². The molecule has 0 aromatic heterocycles. The maximum atomic E-state index is 13.4. The smallest absolute Gasteiger partial charge is 0.264 e. The number of rotatable bonds is 5. The Labute approximate surface area is 166 Å². The molecule has 0 bridgehead atoms. The summed E-state index contributed by atoms with van der Waals surface area (Å²) < 4.78 is 47.7. The Hall–Kier alpha value is -2.34. The number of ether oxygens (including phenoxy) is 1. The molecule has 0 saturated heterocycles. The molecule has 1 aliphatic rings. The Bertz CT molecular complexity index is 950.